The SMILES string of the molecule is CC(=O)N[C@@H](CCCCNC(=O)CCC(=O)N=O)C(=O)Nc1ccc2c(C)cc(=O)oc2c1. The molecular weight excluding hydrogens is 432 g/mol. The van der Waals surface area contributed by atoms with Crippen LogP contribution in [0, 0.1) is 11.8 Å². The van der Waals surface area contributed by atoms with E-state index in [0.717, 1.165) is 10.9 Å². The van der Waals surface area contributed by atoms with Crippen LogP contribution >= 0.6 is 0 Å². The minimum atomic E-state index is -0.877. The smallest absolute Gasteiger partial charge is 0.336 e. The highest BCUT2D eigenvalue weighted by atomic mass is 16.4. The number of carbonyl (C=O) groups excluding carboxylic acids is 4. The number of anilines is 1. The van der Waals surface area contributed by atoms with Gasteiger partial charge in [0.2, 0.25) is 17.7 Å². The van der Waals surface area contributed by atoms with E-state index in [1.165, 1.54) is 13.0 Å². The summed E-state index contributed by atoms with van der Waals surface area (Å²) in [6, 6.07) is 5.55. The molecule has 0 unspecified atom stereocenters. The van der Waals surface area contributed by atoms with Crippen molar-refractivity contribution in [3.63, 3.8) is 0 Å². The molecule has 11 heteroatoms. The van der Waals surface area contributed by atoms with Crippen molar-refractivity contribution < 1.29 is 23.6 Å². The maximum atomic E-state index is 12.7. The lowest BCUT2D eigenvalue weighted by atomic mass is 10.1. The van der Waals surface area contributed by atoms with Gasteiger partial charge in [0.05, 0.1) is 0 Å². The molecular formula is C22H26N4O7. The van der Waals surface area contributed by atoms with Crippen LogP contribution in [0.2, 0.25) is 0 Å². The fourth-order valence-electron chi connectivity index (χ4n) is 3.20. The molecule has 1 aromatic heterocycles. The van der Waals surface area contributed by atoms with E-state index in [2.05, 4.69) is 21.1 Å². The van der Waals surface area contributed by atoms with Gasteiger partial charge in [0, 0.05) is 54.7 Å². The van der Waals surface area contributed by atoms with Gasteiger partial charge in [-0.05, 0) is 43.9 Å². The number of hydrogen-bond donors (Lipinski definition) is 3. The molecule has 0 spiro atoms. The minimum absolute atomic E-state index is 0.118. The first-order chi connectivity index (χ1) is 15.7. The number of unbranched alkanes of at least 4 members (excludes halogenated alkanes) is 1. The highest BCUT2D eigenvalue weighted by Gasteiger charge is 2.19. The standard InChI is InChI=1S/C22H26N4O7/c1-13-11-21(30)33-18-12-15(6-7-16(13)18)25-22(31)17(24-14(2)27)5-3-4-10-23-19(28)8-9-20(29)26-32/h6-7,11-12,17H,3-5,8-10H2,1-2H3,(H,23,28)(H,24,27)(H,25,31)/t17-/m0/s1. The van der Waals surface area contributed by atoms with Crippen LogP contribution in [-0.2, 0) is 19.2 Å². The van der Waals surface area contributed by atoms with Crippen LogP contribution in [0.25, 0.3) is 11.0 Å². The lowest BCUT2D eigenvalue weighted by Crippen LogP contribution is -2.43. The van der Waals surface area contributed by atoms with Crippen molar-refractivity contribution in [1.29, 1.82) is 0 Å². The van der Waals surface area contributed by atoms with Crippen molar-refractivity contribution in [1.82, 2.24) is 10.6 Å². The van der Waals surface area contributed by atoms with Crippen LogP contribution < -0.4 is 21.6 Å². The van der Waals surface area contributed by atoms with Crippen LogP contribution in [0.3, 0.4) is 0 Å². The van der Waals surface area contributed by atoms with Gasteiger partial charge in [0.15, 0.2) is 0 Å². The number of benzene rings is 1. The van der Waals surface area contributed by atoms with Crippen molar-refractivity contribution in [3.05, 3.63) is 45.2 Å². The Morgan fingerprint density at radius 1 is 1.09 bits per heavy atom. The molecule has 33 heavy (non-hydrogen) atoms. The maximum absolute atomic E-state index is 12.7. The third kappa shape index (κ3) is 8.28. The number of aryl methyl sites for hydroxylation is 1. The highest BCUT2D eigenvalue weighted by Crippen LogP contribution is 2.21. The van der Waals surface area contributed by atoms with E-state index >= 15 is 0 Å². The van der Waals surface area contributed by atoms with Crippen LogP contribution in [0.4, 0.5) is 5.69 Å². The van der Waals surface area contributed by atoms with Gasteiger partial charge in [-0.15, -0.1) is 4.91 Å². The Hall–Kier alpha value is -3.89. The molecule has 3 N–H and O–H groups in total. The summed E-state index contributed by atoms with van der Waals surface area (Å²) in [4.78, 5) is 68.2. The fourth-order valence-corrected chi connectivity index (χ4v) is 3.20. The summed E-state index contributed by atoms with van der Waals surface area (Å²) in [7, 11) is 0. The van der Waals surface area contributed by atoms with Crippen LogP contribution in [0.5, 0.6) is 0 Å². The van der Waals surface area contributed by atoms with E-state index < -0.39 is 23.5 Å². The molecule has 0 bridgehead atoms. The number of nitrogens with one attached hydrogen (secondary N) is 3. The van der Waals surface area contributed by atoms with Crippen LogP contribution in [0.1, 0.15) is 44.6 Å². The van der Waals surface area contributed by atoms with Crippen molar-refractivity contribution in [2.75, 3.05) is 11.9 Å². The number of hydrogen-bond acceptors (Lipinski definition) is 7. The molecule has 11 nitrogen and oxygen atoms in total. The molecule has 4 amide bonds. The molecule has 0 saturated carbocycles. The van der Waals surface area contributed by atoms with E-state index in [0.29, 0.717) is 37.1 Å². The Balaban J connectivity index is 1.89. The van der Waals surface area contributed by atoms with Crippen molar-refractivity contribution >= 4 is 40.3 Å². The summed E-state index contributed by atoms with van der Waals surface area (Å²) in [5.41, 5.74) is 1.03. The third-order valence-electron chi connectivity index (χ3n) is 4.82. The van der Waals surface area contributed by atoms with Gasteiger partial charge in [-0.3, -0.25) is 19.2 Å². The Morgan fingerprint density at radius 3 is 2.55 bits per heavy atom. The van der Waals surface area contributed by atoms with Crippen LogP contribution in [-0.4, -0.2) is 36.2 Å². The zero-order valence-corrected chi connectivity index (χ0v) is 18.4. The van der Waals surface area contributed by atoms with E-state index in [1.54, 1.807) is 25.1 Å². The number of amides is 4. The molecule has 1 aromatic carbocycles. The number of nitroso groups, excluding NO2 is 1. The van der Waals surface area contributed by atoms with Gasteiger partial charge in [0.25, 0.3) is 5.91 Å². The molecule has 0 radical (unpaired) electrons. The molecule has 0 aliphatic heterocycles. The fraction of sp³-hybridized carbons (Fsp3) is 0.409. The molecule has 1 atom stereocenters. The van der Waals surface area contributed by atoms with E-state index in [9.17, 15) is 28.9 Å². The van der Waals surface area contributed by atoms with E-state index in [1.807, 2.05) is 0 Å². The lowest BCUT2D eigenvalue weighted by Gasteiger charge is -2.18. The van der Waals surface area contributed by atoms with Crippen molar-refractivity contribution in [2.45, 2.75) is 52.0 Å². The summed E-state index contributed by atoms with van der Waals surface area (Å²) >= 11 is 0. The average molecular weight is 458 g/mol. The molecule has 0 saturated heterocycles. The Morgan fingerprint density at radius 2 is 1.85 bits per heavy atom. The summed E-state index contributed by atoms with van der Waals surface area (Å²) < 4.78 is 5.19. The molecule has 0 aliphatic carbocycles. The van der Waals surface area contributed by atoms with Gasteiger partial charge >= 0.3 is 5.63 Å². The lowest BCUT2D eigenvalue weighted by molar-refractivity contribution is -0.125. The average Bonchev–Trinajstić information content (AvgIpc) is 2.75. The summed E-state index contributed by atoms with van der Waals surface area (Å²) in [5, 5.41) is 10.9. The number of fused-ring (bicyclic) bond motifs is 1. The molecule has 176 valence electrons. The molecule has 0 aliphatic rings. The first-order valence-corrected chi connectivity index (χ1v) is 10.4. The quantitative estimate of drug-likeness (QED) is 0.263. The maximum Gasteiger partial charge on any atom is 0.336 e. The van der Waals surface area contributed by atoms with E-state index in [4.69, 9.17) is 4.42 Å². The number of rotatable bonds is 11. The van der Waals surface area contributed by atoms with Crippen molar-refractivity contribution in [3.8, 4) is 0 Å². The third-order valence-corrected chi connectivity index (χ3v) is 4.82. The Labute approximate surface area is 189 Å². The van der Waals surface area contributed by atoms with E-state index in [-0.39, 0.29) is 24.7 Å². The molecule has 2 aromatic rings. The van der Waals surface area contributed by atoms with Gasteiger partial charge in [-0.1, -0.05) is 0 Å². The molecule has 1 heterocycles. The first kappa shape index (κ1) is 25.4. The minimum Gasteiger partial charge on any atom is -0.423 e. The zero-order chi connectivity index (χ0) is 24.4. The van der Waals surface area contributed by atoms with Crippen molar-refractivity contribution in [2.24, 2.45) is 5.18 Å². The first-order valence-electron chi connectivity index (χ1n) is 10.4. The van der Waals surface area contributed by atoms with Gasteiger partial charge < -0.3 is 20.4 Å². The molecule has 0 fully saturated rings. The Bertz CT molecular complexity index is 1110. The Kier molecular flexibility index (Phi) is 9.40. The highest BCUT2D eigenvalue weighted by molar-refractivity contribution is 5.98. The summed E-state index contributed by atoms with van der Waals surface area (Å²) in [6.07, 6.45) is 1.04. The predicted molar refractivity (Wildman–Crippen MR) is 120 cm³/mol. The second-order valence-corrected chi connectivity index (χ2v) is 7.53. The summed E-state index contributed by atoms with van der Waals surface area (Å²) in [5.74, 6) is -2.04. The largest absolute Gasteiger partial charge is 0.423 e. The topological polar surface area (TPSA) is 164 Å². The second kappa shape index (κ2) is 12.2. The van der Waals surface area contributed by atoms with Gasteiger partial charge in [-0.25, -0.2) is 4.79 Å². The van der Waals surface area contributed by atoms with Gasteiger partial charge in [0.1, 0.15) is 11.6 Å². The molecule has 2 rings (SSSR count). The zero-order valence-electron chi connectivity index (χ0n) is 18.4. The van der Waals surface area contributed by atoms with Gasteiger partial charge in [-0.2, -0.15) is 0 Å². The summed E-state index contributed by atoms with van der Waals surface area (Å²) in [6.45, 7) is 3.41. The van der Waals surface area contributed by atoms with Crippen LogP contribution in [0.15, 0.2) is 38.7 Å². The normalized spacial score (nSPS) is 11.5. The predicted octanol–water partition coefficient (Wildman–Crippen LogP) is 1.90. The second-order valence-electron chi connectivity index (χ2n) is 7.53. The number of nitrogens with zero attached hydrogens (tertiary/aromatic N) is 1. The number of carbonyl (C=O) groups is 4. The monoisotopic (exact) mass is 458 g/mol.